The number of ether oxygens (including phenoxy) is 1. The van der Waals surface area contributed by atoms with Gasteiger partial charge in [0, 0.05) is 30.0 Å². The Balaban J connectivity index is 1.70. The second-order valence-electron chi connectivity index (χ2n) is 6.74. The molecule has 134 valence electrons. The van der Waals surface area contributed by atoms with Gasteiger partial charge in [0.1, 0.15) is 11.4 Å². The van der Waals surface area contributed by atoms with Gasteiger partial charge in [0.25, 0.3) is 0 Å². The Labute approximate surface area is 152 Å². The Morgan fingerprint density at radius 1 is 1.36 bits per heavy atom. The standard InChI is InChI=1S/C19H23ClN2O3/c1-2-17(23)21-10-7-18(24)22-15-12-19(8-3-4-9-19)25-16-6-5-13(20)11-14(15)16/h2,5-6,11,15H,1,3-4,7-10,12H2,(H,21,23)(H,22,24)/t15-/m0/s1. The Hall–Kier alpha value is -2.01. The molecule has 1 fully saturated rings. The van der Waals surface area contributed by atoms with Crippen molar-refractivity contribution in [2.24, 2.45) is 0 Å². The third kappa shape index (κ3) is 4.15. The Morgan fingerprint density at radius 3 is 2.84 bits per heavy atom. The van der Waals surface area contributed by atoms with Crippen LogP contribution in [0.15, 0.2) is 30.9 Å². The number of halogens is 1. The largest absolute Gasteiger partial charge is 0.487 e. The maximum absolute atomic E-state index is 12.3. The van der Waals surface area contributed by atoms with E-state index in [9.17, 15) is 9.59 Å². The molecule has 2 amide bonds. The van der Waals surface area contributed by atoms with Crippen LogP contribution in [-0.4, -0.2) is 24.0 Å². The van der Waals surface area contributed by atoms with E-state index in [0.29, 0.717) is 5.02 Å². The first-order valence-corrected chi connectivity index (χ1v) is 9.07. The van der Waals surface area contributed by atoms with Crippen LogP contribution in [0.4, 0.5) is 0 Å². The van der Waals surface area contributed by atoms with Crippen molar-refractivity contribution in [2.75, 3.05) is 6.54 Å². The molecule has 25 heavy (non-hydrogen) atoms. The fourth-order valence-electron chi connectivity index (χ4n) is 3.73. The highest BCUT2D eigenvalue weighted by Crippen LogP contribution is 2.47. The first-order chi connectivity index (χ1) is 12.0. The van der Waals surface area contributed by atoms with Gasteiger partial charge in [-0.1, -0.05) is 18.2 Å². The number of rotatable bonds is 5. The summed E-state index contributed by atoms with van der Waals surface area (Å²) in [7, 11) is 0. The molecule has 1 heterocycles. The zero-order valence-corrected chi connectivity index (χ0v) is 14.9. The van der Waals surface area contributed by atoms with E-state index in [2.05, 4.69) is 17.2 Å². The van der Waals surface area contributed by atoms with Crippen LogP contribution < -0.4 is 15.4 Å². The van der Waals surface area contributed by atoms with E-state index < -0.39 is 0 Å². The zero-order valence-electron chi connectivity index (χ0n) is 14.1. The van der Waals surface area contributed by atoms with Crippen molar-refractivity contribution in [3.63, 3.8) is 0 Å². The Bertz CT molecular complexity index is 683. The van der Waals surface area contributed by atoms with Crippen LogP contribution >= 0.6 is 11.6 Å². The SMILES string of the molecule is C=CC(=O)NCCC(=O)N[C@H]1CC2(CCCC2)Oc2ccc(Cl)cc21. The molecular formula is C19H23ClN2O3. The van der Waals surface area contributed by atoms with Gasteiger partial charge in [0.05, 0.1) is 6.04 Å². The molecule has 0 aromatic heterocycles. The number of carbonyl (C=O) groups excluding carboxylic acids is 2. The van der Waals surface area contributed by atoms with Gasteiger partial charge >= 0.3 is 0 Å². The first kappa shape index (κ1) is 17.8. The van der Waals surface area contributed by atoms with Gasteiger partial charge in [-0.2, -0.15) is 0 Å². The van der Waals surface area contributed by atoms with Crippen molar-refractivity contribution in [1.82, 2.24) is 10.6 Å². The minimum Gasteiger partial charge on any atom is -0.487 e. The molecule has 2 N–H and O–H groups in total. The van der Waals surface area contributed by atoms with Gasteiger partial charge in [-0.05, 0) is 50.0 Å². The van der Waals surface area contributed by atoms with E-state index in [1.807, 2.05) is 18.2 Å². The van der Waals surface area contributed by atoms with Crippen LogP contribution in [0.1, 0.15) is 50.1 Å². The molecule has 1 saturated carbocycles. The van der Waals surface area contributed by atoms with Crippen molar-refractivity contribution in [2.45, 2.75) is 50.2 Å². The summed E-state index contributed by atoms with van der Waals surface area (Å²) in [5.74, 6) is 0.430. The fourth-order valence-corrected chi connectivity index (χ4v) is 3.91. The summed E-state index contributed by atoms with van der Waals surface area (Å²) in [5.41, 5.74) is 0.740. The highest BCUT2D eigenvalue weighted by Gasteiger charge is 2.43. The Morgan fingerprint density at radius 2 is 2.12 bits per heavy atom. The summed E-state index contributed by atoms with van der Waals surface area (Å²) in [6, 6.07) is 5.45. The van der Waals surface area contributed by atoms with E-state index in [-0.39, 0.29) is 36.4 Å². The number of nitrogens with one attached hydrogen (secondary N) is 2. The van der Waals surface area contributed by atoms with Crippen molar-refractivity contribution in [1.29, 1.82) is 0 Å². The lowest BCUT2D eigenvalue weighted by molar-refractivity contribution is -0.122. The van der Waals surface area contributed by atoms with Crippen LogP contribution in [0.3, 0.4) is 0 Å². The molecule has 1 aliphatic heterocycles. The van der Waals surface area contributed by atoms with Gasteiger partial charge in [-0.25, -0.2) is 0 Å². The maximum atomic E-state index is 12.3. The molecule has 0 unspecified atom stereocenters. The van der Waals surface area contributed by atoms with Crippen LogP contribution in [-0.2, 0) is 9.59 Å². The third-order valence-electron chi connectivity index (χ3n) is 4.94. The summed E-state index contributed by atoms with van der Waals surface area (Å²) in [6.45, 7) is 3.67. The monoisotopic (exact) mass is 362 g/mol. The minimum absolute atomic E-state index is 0.102. The van der Waals surface area contributed by atoms with Crippen molar-refractivity contribution >= 4 is 23.4 Å². The van der Waals surface area contributed by atoms with Crippen molar-refractivity contribution in [3.05, 3.63) is 41.4 Å². The molecular weight excluding hydrogens is 340 g/mol. The second kappa shape index (κ2) is 7.48. The van der Waals surface area contributed by atoms with Gasteiger partial charge in [0.15, 0.2) is 0 Å². The topological polar surface area (TPSA) is 67.4 Å². The molecule has 1 atom stereocenters. The van der Waals surface area contributed by atoms with E-state index in [1.54, 1.807) is 0 Å². The van der Waals surface area contributed by atoms with Gasteiger partial charge in [-0.15, -0.1) is 0 Å². The van der Waals surface area contributed by atoms with Crippen LogP contribution in [0.5, 0.6) is 5.75 Å². The van der Waals surface area contributed by atoms with Crippen LogP contribution in [0.2, 0.25) is 5.02 Å². The second-order valence-corrected chi connectivity index (χ2v) is 7.18. The summed E-state index contributed by atoms with van der Waals surface area (Å²) in [5, 5.41) is 6.33. The third-order valence-corrected chi connectivity index (χ3v) is 5.17. The number of hydrogen-bond donors (Lipinski definition) is 2. The predicted octanol–water partition coefficient (Wildman–Crippen LogP) is 3.28. The smallest absolute Gasteiger partial charge is 0.243 e. The summed E-state index contributed by atoms with van der Waals surface area (Å²) >= 11 is 6.14. The number of fused-ring (bicyclic) bond motifs is 1. The first-order valence-electron chi connectivity index (χ1n) is 8.69. The number of amides is 2. The molecule has 1 aromatic carbocycles. The quantitative estimate of drug-likeness (QED) is 0.790. The number of hydrogen-bond acceptors (Lipinski definition) is 3. The zero-order chi connectivity index (χ0) is 17.9. The molecule has 3 rings (SSSR count). The molecule has 5 nitrogen and oxygen atoms in total. The average Bonchev–Trinajstić information content (AvgIpc) is 3.03. The Kier molecular flexibility index (Phi) is 5.33. The molecule has 0 radical (unpaired) electrons. The van der Waals surface area contributed by atoms with Gasteiger partial charge < -0.3 is 15.4 Å². The molecule has 0 bridgehead atoms. The summed E-state index contributed by atoms with van der Waals surface area (Å²) in [4.78, 5) is 23.5. The van der Waals surface area contributed by atoms with Gasteiger partial charge in [0.2, 0.25) is 11.8 Å². The van der Waals surface area contributed by atoms with E-state index >= 15 is 0 Å². The summed E-state index contributed by atoms with van der Waals surface area (Å²) in [6.07, 6.45) is 6.49. The van der Waals surface area contributed by atoms with Crippen LogP contribution in [0.25, 0.3) is 0 Å². The van der Waals surface area contributed by atoms with E-state index in [4.69, 9.17) is 16.3 Å². The van der Waals surface area contributed by atoms with E-state index in [0.717, 1.165) is 43.4 Å². The molecule has 2 aliphatic rings. The normalized spacial score (nSPS) is 20.4. The lowest BCUT2D eigenvalue weighted by Crippen LogP contribution is -2.44. The van der Waals surface area contributed by atoms with Crippen molar-refractivity contribution < 1.29 is 14.3 Å². The predicted molar refractivity (Wildman–Crippen MR) is 96.6 cm³/mol. The van der Waals surface area contributed by atoms with E-state index in [1.165, 1.54) is 6.08 Å². The number of benzene rings is 1. The highest BCUT2D eigenvalue weighted by molar-refractivity contribution is 6.30. The maximum Gasteiger partial charge on any atom is 0.243 e. The summed E-state index contributed by atoms with van der Waals surface area (Å²) < 4.78 is 6.30. The molecule has 1 aliphatic carbocycles. The molecule has 6 heteroatoms. The number of carbonyl (C=O) groups is 2. The van der Waals surface area contributed by atoms with Crippen LogP contribution in [0, 0.1) is 0 Å². The highest BCUT2D eigenvalue weighted by atomic mass is 35.5. The van der Waals surface area contributed by atoms with Gasteiger partial charge in [-0.3, -0.25) is 9.59 Å². The lowest BCUT2D eigenvalue weighted by Gasteiger charge is -2.40. The van der Waals surface area contributed by atoms with Crippen molar-refractivity contribution in [3.8, 4) is 5.75 Å². The molecule has 0 saturated heterocycles. The lowest BCUT2D eigenvalue weighted by atomic mass is 9.86. The average molecular weight is 363 g/mol. The minimum atomic E-state index is -0.277. The molecule has 1 aromatic rings. The molecule has 1 spiro atoms. The fraction of sp³-hybridized carbons (Fsp3) is 0.474.